The van der Waals surface area contributed by atoms with Crippen LogP contribution in [-0.2, 0) is 0 Å². The zero-order valence-corrected chi connectivity index (χ0v) is 11.4. The first-order valence-corrected chi connectivity index (χ1v) is 6.59. The molecular formula is C15H9ClN4. The van der Waals surface area contributed by atoms with Gasteiger partial charge in [-0.3, -0.25) is 0 Å². The zero-order chi connectivity index (χ0) is 13.7. The smallest absolute Gasteiger partial charge is 0.201 e. The van der Waals surface area contributed by atoms with Gasteiger partial charge in [0, 0.05) is 10.4 Å². The molecule has 0 fully saturated rings. The minimum absolute atomic E-state index is 0.557. The van der Waals surface area contributed by atoms with Crippen molar-refractivity contribution in [3.63, 3.8) is 0 Å². The minimum Gasteiger partial charge on any atom is -0.242 e. The minimum atomic E-state index is 0.557. The average molecular weight is 281 g/mol. The van der Waals surface area contributed by atoms with Gasteiger partial charge < -0.3 is 0 Å². The number of hydrogen-bond acceptors (Lipinski definition) is 4. The van der Waals surface area contributed by atoms with E-state index in [1.165, 1.54) is 0 Å². The van der Waals surface area contributed by atoms with E-state index in [9.17, 15) is 0 Å². The van der Waals surface area contributed by atoms with E-state index >= 15 is 0 Å². The van der Waals surface area contributed by atoms with E-state index in [1.807, 2.05) is 37.3 Å². The van der Waals surface area contributed by atoms with E-state index in [0.717, 1.165) is 33.0 Å². The fraction of sp³-hybridized carbons (Fsp3) is 0.0667. The van der Waals surface area contributed by atoms with Crippen LogP contribution >= 0.6 is 11.6 Å². The number of hydrogen-bond donors (Lipinski definition) is 0. The van der Waals surface area contributed by atoms with E-state index in [4.69, 9.17) is 11.6 Å². The summed E-state index contributed by atoms with van der Waals surface area (Å²) in [5, 5.41) is 10.0. The normalized spacial score (nSPS) is 11.5. The predicted molar refractivity (Wildman–Crippen MR) is 79.9 cm³/mol. The Hall–Kier alpha value is -2.33. The van der Waals surface area contributed by atoms with E-state index in [-0.39, 0.29) is 0 Å². The van der Waals surface area contributed by atoms with Crippen molar-refractivity contribution in [1.82, 2.24) is 20.2 Å². The van der Waals surface area contributed by atoms with Crippen molar-refractivity contribution < 1.29 is 0 Å². The maximum Gasteiger partial charge on any atom is 0.201 e. The third-order valence-corrected chi connectivity index (χ3v) is 3.58. The Labute approximate surface area is 119 Å². The highest BCUT2D eigenvalue weighted by Gasteiger charge is 2.10. The molecule has 0 spiro atoms. The van der Waals surface area contributed by atoms with Crippen molar-refractivity contribution in [1.29, 1.82) is 0 Å². The molecule has 0 saturated heterocycles. The van der Waals surface area contributed by atoms with E-state index in [2.05, 4.69) is 20.2 Å². The van der Waals surface area contributed by atoms with E-state index < -0.39 is 0 Å². The van der Waals surface area contributed by atoms with Crippen molar-refractivity contribution in [2.45, 2.75) is 6.92 Å². The molecule has 0 bridgehead atoms. The van der Waals surface area contributed by atoms with Gasteiger partial charge in [0.2, 0.25) is 5.65 Å². The second kappa shape index (κ2) is 4.08. The molecule has 2 heterocycles. The predicted octanol–water partition coefficient (Wildman–Crippen LogP) is 3.69. The third-order valence-electron chi connectivity index (χ3n) is 3.35. The Bertz CT molecular complexity index is 981. The van der Waals surface area contributed by atoms with Gasteiger partial charge in [-0.15, -0.1) is 10.2 Å². The number of aromatic nitrogens is 4. The summed E-state index contributed by atoms with van der Waals surface area (Å²) < 4.78 is 0. The molecule has 4 nitrogen and oxygen atoms in total. The van der Waals surface area contributed by atoms with Gasteiger partial charge in [-0.2, -0.15) is 0 Å². The molecule has 4 rings (SSSR count). The lowest BCUT2D eigenvalue weighted by molar-refractivity contribution is 1.09. The van der Waals surface area contributed by atoms with Crippen molar-refractivity contribution in [2.24, 2.45) is 0 Å². The molecule has 96 valence electrons. The molecule has 0 N–H and O–H groups in total. The average Bonchev–Trinajstić information content (AvgIpc) is 2.45. The maximum atomic E-state index is 6.02. The first-order chi connectivity index (χ1) is 9.72. The summed E-state index contributed by atoms with van der Waals surface area (Å²) in [6.07, 6.45) is 0. The molecule has 5 heteroatoms. The van der Waals surface area contributed by atoms with Crippen LogP contribution in [-0.4, -0.2) is 20.2 Å². The molecule has 0 unspecified atom stereocenters. The number of rotatable bonds is 0. The number of aryl methyl sites for hydroxylation is 1. The highest BCUT2D eigenvalue weighted by atomic mass is 35.5. The van der Waals surface area contributed by atoms with Crippen LogP contribution in [0, 0.1) is 6.92 Å². The van der Waals surface area contributed by atoms with Gasteiger partial charge in [-0.25, -0.2) is 9.97 Å². The molecule has 20 heavy (non-hydrogen) atoms. The van der Waals surface area contributed by atoms with Gasteiger partial charge in [-0.1, -0.05) is 23.7 Å². The lowest BCUT2D eigenvalue weighted by atomic mass is 10.1. The van der Waals surface area contributed by atoms with Crippen LogP contribution in [0.3, 0.4) is 0 Å². The summed E-state index contributed by atoms with van der Waals surface area (Å²) in [4.78, 5) is 9.19. The molecule has 0 aliphatic heterocycles. The second-order valence-corrected chi connectivity index (χ2v) is 5.13. The summed E-state index contributed by atoms with van der Waals surface area (Å²) >= 11 is 6.02. The molecule has 0 radical (unpaired) electrons. The SMILES string of the molecule is Cc1cccc2nnc3nc4ccc(Cl)cc4nc3c12. The lowest BCUT2D eigenvalue weighted by Crippen LogP contribution is -1.95. The van der Waals surface area contributed by atoms with Gasteiger partial charge in [-0.05, 0) is 36.8 Å². The van der Waals surface area contributed by atoms with Gasteiger partial charge >= 0.3 is 0 Å². The lowest BCUT2D eigenvalue weighted by Gasteiger charge is -2.05. The zero-order valence-electron chi connectivity index (χ0n) is 10.6. The highest BCUT2D eigenvalue weighted by molar-refractivity contribution is 6.31. The standard InChI is InChI=1S/C15H9ClN4/c1-8-3-2-4-11-13(8)14-15(20-19-11)18-10-6-5-9(16)7-12(10)17-14/h2-7H,1H3. The largest absolute Gasteiger partial charge is 0.242 e. The summed E-state index contributed by atoms with van der Waals surface area (Å²) in [6, 6.07) is 11.4. The quantitative estimate of drug-likeness (QED) is 0.364. The second-order valence-electron chi connectivity index (χ2n) is 4.70. The molecule has 0 aliphatic carbocycles. The van der Waals surface area contributed by atoms with Crippen molar-refractivity contribution >= 4 is 44.7 Å². The van der Waals surface area contributed by atoms with Crippen LogP contribution in [0.4, 0.5) is 0 Å². The fourth-order valence-electron chi connectivity index (χ4n) is 2.40. The molecule has 4 aromatic rings. The monoisotopic (exact) mass is 280 g/mol. The number of benzene rings is 2. The Balaban J connectivity index is 2.26. The first-order valence-electron chi connectivity index (χ1n) is 6.21. The highest BCUT2D eigenvalue weighted by Crippen LogP contribution is 2.25. The van der Waals surface area contributed by atoms with E-state index in [0.29, 0.717) is 10.7 Å². The Morgan fingerprint density at radius 3 is 2.70 bits per heavy atom. The molecule has 0 saturated carbocycles. The number of halogens is 1. The number of fused-ring (bicyclic) bond motifs is 4. The molecule has 0 amide bonds. The first kappa shape index (κ1) is 11.5. The Kier molecular flexibility index (Phi) is 2.35. The van der Waals surface area contributed by atoms with Crippen LogP contribution in [0.5, 0.6) is 0 Å². The van der Waals surface area contributed by atoms with Crippen molar-refractivity contribution in [3.05, 3.63) is 47.0 Å². The van der Waals surface area contributed by atoms with Gasteiger partial charge in [0.05, 0.1) is 16.6 Å². The van der Waals surface area contributed by atoms with Crippen LogP contribution in [0.15, 0.2) is 36.4 Å². The summed E-state index contributed by atoms with van der Waals surface area (Å²) in [6.45, 7) is 2.04. The Morgan fingerprint density at radius 2 is 1.80 bits per heavy atom. The molecule has 0 atom stereocenters. The van der Waals surface area contributed by atoms with Crippen LogP contribution in [0.25, 0.3) is 33.1 Å². The summed E-state index contributed by atoms with van der Waals surface area (Å²) in [5.41, 5.74) is 4.79. The molecule has 2 aromatic heterocycles. The molecule has 0 aliphatic rings. The summed E-state index contributed by atoms with van der Waals surface area (Å²) in [5.74, 6) is 0. The molecule has 2 aromatic carbocycles. The maximum absolute atomic E-state index is 6.02. The Morgan fingerprint density at radius 1 is 0.900 bits per heavy atom. The van der Waals surface area contributed by atoms with Crippen LogP contribution in [0.2, 0.25) is 5.02 Å². The van der Waals surface area contributed by atoms with Crippen molar-refractivity contribution in [2.75, 3.05) is 0 Å². The van der Waals surface area contributed by atoms with Crippen molar-refractivity contribution in [3.8, 4) is 0 Å². The van der Waals surface area contributed by atoms with Gasteiger partial charge in [0.1, 0.15) is 5.52 Å². The van der Waals surface area contributed by atoms with Crippen LogP contribution < -0.4 is 0 Å². The van der Waals surface area contributed by atoms with Gasteiger partial charge in [0.25, 0.3) is 0 Å². The topological polar surface area (TPSA) is 51.6 Å². The van der Waals surface area contributed by atoms with Crippen LogP contribution in [0.1, 0.15) is 5.56 Å². The third kappa shape index (κ3) is 1.62. The van der Waals surface area contributed by atoms with E-state index in [1.54, 1.807) is 6.07 Å². The van der Waals surface area contributed by atoms with Gasteiger partial charge in [0.15, 0.2) is 0 Å². The molecular weight excluding hydrogens is 272 g/mol. The fourth-order valence-corrected chi connectivity index (χ4v) is 2.57. The number of nitrogens with zero attached hydrogens (tertiary/aromatic N) is 4. The summed E-state index contributed by atoms with van der Waals surface area (Å²) in [7, 11) is 0.